The number of nitrogens with zero attached hydrogens (tertiary/aromatic N) is 1. The molecule has 0 bridgehead atoms. The summed E-state index contributed by atoms with van der Waals surface area (Å²) in [6.07, 6.45) is 0.515. The van der Waals surface area contributed by atoms with Crippen molar-refractivity contribution in [1.82, 2.24) is 4.90 Å². The molecule has 0 radical (unpaired) electrons. The van der Waals surface area contributed by atoms with Crippen molar-refractivity contribution in [3.8, 4) is 0 Å². The van der Waals surface area contributed by atoms with Gasteiger partial charge in [0.1, 0.15) is 0 Å². The number of hydrogen-bond donors (Lipinski definition) is 1. The molecule has 5 heteroatoms. The molecule has 4 nitrogen and oxygen atoms in total. The first-order chi connectivity index (χ1) is 8.75. The van der Waals surface area contributed by atoms with E-state index in [0.29, 0.717) is 6.42 Å². The number of anilines is 1. The van der Waals surface area contributed by atoms with Crippen LogP contribution in [0.3, 0.4) is 0 Å². The van der Waals surface area contributed by atoms with E-state index in [-0.39, 0.29) is 5.91 Å². The van der Waals surface area contributed by atoms with Crippen LogP contribution in [0.15, 0.2) is 28.7 Å². The zero-order valence-electron chi connectivity index (χ0n) is 10.2. The molecule has 1 aromatic rings. The fourth-order valence-corrected chi connectivity index (χ4v) is 2.24. The summed E-state index contributed by atoms with van der Waals surface area (Å²) in [7, 11) is 0. The molecule has 0 spiro atoms. The number of hydrogen-bond acceptors (Lipinski definition) is 3. The Labute approximate surface area is 115 Å². The summed E-state index contributed by atoms with van der Waals surface area (Å²) < 4.78 is 6.18. The van der Waals surface area contributed by atoms with E-state index in [4.69, 9.17) is 4.74 Å². The van der Waals surface area contributed by atoms with Gasteiger partial charge in [0.2, 0.25) is 5.91 Å². The second kappa shape index (κ2) is 6.87. The Balaban J connectivity index is 1.76. The number of amides is 1. The Kier molecular flexibility index (Phi) is 5.16. The number of nitrogens with one attached hydrogen (secondary N) is 1. The molecule has 2 rings (SSSR count). The average Bonchev–Trinajstić information content (AvgIpc) is 2.40. The molecule has 1 aliphatic heterocycles. The molecule has 0 unspecified atom stereocenters. The highest BCUT2D eigenvalue weighted by atomic mass is 79.9. The summed E-state index contributed by atoms with van der Waals surface area (Å²) >= 11 is 3.41. The molecule has 0 aliphatic carbocycles. The van der Waals surface area contributed by atoms with Crippen molar-refractivity contribution in [3.05, 3.63) is 28.7 Å². The van der Waals surface area contributed by atoms with E-state index in [9.17, 15) is 4.79 Å². The lowest BCUT2D eigenvalue weighted by molar-refractivity contribution is -0.116. The van der Waals surface area contributed by atoms with Crippen LogP contribution >= 0.6 is 15.9 Å². The molecule has 0 aromatic heterocycles. The maximum atomic E-state index is 11.8. The van der Waals surface area contributed by atoms with Gasteiger partial charge in [0.15, 0.2) is 0 Å². The normalized spacial score (nSPS) is 16.5. The van der Waals surface area contributed by atoms with Gasteiger partial charge in [-0.05, 0) is 28.1 Å². The van der Waals surface area contributed by atoms with Crippen LogP contribution < -0.4 is 5.32 Å². The molecule has 1 aliphatic rings. The Morgan fingerprint density at radius 2 is 2.06 bits per heavy atom. The van der Waals surface area contributed by atoms with E-state index in [1.165, 1.54) is 0 Å². The monoisotopic (exact) mass is 312 g/mol. The quantitative estimate of drug-likeness (QED) is 0.926. The topological polar surface area (TPSA) is 41.6 Å². The first-order valence-electron chi connectivity index (χ1n) is 6.10. The number of carbonyl (C=O) groups is 1. The van der Waals surface area contributed by atoms with Gasteiger partial charge in [0, 0.05) is 30.5 Å². The molecule has 1 saturated heterocycles. The van der Waals surface area contributed by atoms with Crippen molar-refractivity contribution in [2.45, 2.75) is 6.42 Å². The smallest absolute Gasteiger partial charge is 0.225 e. The van der Waals surface area contributed by atoms with Gasteiger partial charge in [-0.1, -0.05) is 12.1 Å². The second-order valence-corrected chi connectivity index (χ2v) is 5.09. The van der Waals surface area contributed by atoms with Crippen molar-refractivity contribution in [2.24, 2.45) is 0 Å². The number of carbonyl (C=O) groups excluding carboxylic acids is 1. The predicted molar refractivity (Wildman–Crippen MR) is 74.6 cm³/mol. The maximum absolute atomic E-state index is 11.8. The first-order valence-corrected chi connectivity index (χ1v) is 6.89. The van der Waals surface area contributed by atoms with Gasteiger partial charge in [-0.2, -0.15) is 0 Å². The number of morpholine rings is 1. The Bertz CT molecular complexity index is 406. The van der Waals surface area contributed by atoms with Gasteiger partial charge in [0.25, 0.3) is 0 Å². The van der Waals surface area contributed by atoms with Crippen LogP contribution in [0.1, 0.15) is 6.42 Å². The van der Waals surface area contributed by atoms with Crippen LogP contribution in [0.2, 0.25) is 0 Å². The fraction of sp³-hybridized carbons (Fsp3) is 0.462. The number of ether oxygens (including phenoxy) is 1. The van der Waals surface area contributed by atoms with Crippen LogP contribution in [0, 0.1) is 0 Å². The summed E-state index contributed by atoms with van der Waals surface area (Å²) in [5.41, 5.74) is 0.824. The zero-order valence-corrected chi connectivity index (χ0v) is 11.8. The fourth-order valence-electron chi connectivity index (χ4n) is 1.86. The van der Waals surface area contributed by atoms with Gasteiger partial charge in [0.05, 0.1) is 18.9 Å². The van der Waals surface area contributed by atoms with Crippen LogP contribution in [0.4, 0.5) is 5.69 Å². The average molecular weight is 313 g/mol. The van der Waals surface area contributed by atoms with Crippen molar-refractivity contribution < 1.29 is 9.53 Å². The molecular formula is C13H17BrN2O2. The first kappa shape index (κ1) is 13.5. The molecule has 18 heavy (non-hydrogen) atoms. The third kappa shape index (κ3) is 4.08. The third-order valence-electron chi connectivity index (χ3n) is 2.91. The Morgan fingerprint density at radius 1 is 1.33 bits per heavy atom. The van der Waals surface area contributed by atoms with Crippen molar-refractivity contribution in [3.63, 3.8) is 0 Å². The summed E-state index contributed by atoms with van der Waals surface area (Å²) in [5, 5.41) is 2.91. The van der Waals surface area contributed by atoms with E-state index in [2.05, 4.69) is 26.1 Å². The third-order valence-corrected chi connectivity index (χ3v) is 3.60. The van der Waals surface area contributed by atoms with Crippen LogP contribution in [-0.4, -0.2) is 43.7 Å². The highest BCUT2D eigenvalue weighted by molar-refractivity contribution is 9.10. The zero-order chi connectivity index (χ0) is 12.8. The SMILES string of the molecule is O=C(CCN1CCOCC1)Nc1ccccc1Br. The van der Waals surface area contributed by atoms with Gasteiger partial charge in [-0.15, -0.1) is 0 Å². The van der Waals surface area contributed by atoms with E-state index in [1.54, 1.807) is 0 Å². The number of benzene rings is 1. The van der Waals surface area contributed by atoms with E-state index < -0.39 is 0 Å². The van der Waals surface area contributed by atoms with Crippen molar-refractivity contribution in [2.75, 3.05) is 38.2 Å². The van der Waals surface area contributed by atoms with Crippen LogP contribution in [-0.2, 0) is 9.53 Å². The predicted octanol–water partition coefficient (Wildman–Crippen LogP) is 2.11. The van der Waals surface area contributed by atoms with Gasteiger partial charge in [-0.25, -0.2) is 0 Å². The Morgan fingerprint density at radius 3 is 2.78 bits per heavy atom. The molecule has 1 fully saturated rings. The van der Waals surface area contributed by atoms with Crippen molar-refractivity contribution >= 4 is 27.5 Å². The van der Waals surface area contributed by atoms with E-state index in [1.807, 2.05) is 24.3 Å². The molecule has 1 heterocycles. The second-order valence-electron chi connectivity index (χ2n) is 4.23. The molecule has 98 valence electrons. The number of halogens is 1. The van der Waals surface area contributed by atoms with Crippen molar-refractivity contribution in [1.29, 1.82) is 0 Å². The van der Waals surface area contributed by atoms with E-state index in [0.717, 1.165) is 43.0 Å². The number of rotatable bonds is 4. The standard InChI is InChI=1S/C13H17BrN2O2/c14-11-3-1-2-4-12(11)15-13(17)5-6-16-7-9-18-10-8-16/h1-4H,5-10H2,(H,15,17). The minimum Gasteiger partial charge on any atom is -0.379 e. The summed E-state index contributed by atoms with van der Waals surface area (Å²) in [6.45, 7) is 4.17. The highest BCUT2D eigenvalue weighted by Crippen LogP contribution is 2.21. The molecule has 0 saturated carbocycles. The minimum absolute atomic E-state index is 0.0494. The molecular weight excluding hydrogens is 296 g/mol. The molecule has 0 atom stereocenters. The Hall–Kier alpha value is -0.910. The molecule has 1 N–H and O–H groups in total. The lowest BCUT2D eigenvalue weighted by Gasteiger charge is -2.26. The van der Waals surface area contributed by atoms with Crippen LogP contribution in [0.25, 0.3) is 0 Å². The maximum Gasteiger partial charge on any atom is 0.225 e. The number of para-hydroxylation sites is 1. The lowest BCUT2D eigenvalue weighted by Crippen LogP contribution is -2.38. The summed E-state index contributed by atoms with van der Waals surface area (Å²) in [6, 6.07) is 7.63. The van der Waals surface area contributed by atoms with Crippen LogP contribution in [0.5, 0.6) is 0 Å². The van der Waals surface area contributed by atoms with E-state index >= 15 is 0 Å². The summed E-state index contributed by atoms with van der Waals surface area (Å²) in [4.78, 5) is 14.1. The molecule has 1 aromatic carbocycles. The lowest BCUT2D eigenvalue weighted by atomic mass is 10.3. The summed E-state index contributed by atoms with van der Waals surface area (Å²) in [5.74, 6) is 0.0494. The minimum atomic E-state index is 0.0494. The van der Waals surface area contributed by atoms with Gasteiger partial charge < -0.3 is 10.1 Å². The highest BCUT2D eigenvalue weighted by Gasteiger charge is 2.12. The van der Waals surface area contributed by atoms with Gasteiger partial charge >= 0.3 is 0 Å². The molecule has 1 amide bonds. The van der Waals surface area contributed by atoms with Gasteiger partial charge in [-0.3, -0.25) is 9.69 Å². The largest absolute Gasteiger partial charge is 0.379 e.